The van der Waals surface area contributed by atoms with Crippen molar-refractivity contribution in [3.05, 3.63) is 35.6 Å². The molecule has 114 valence electrons. The van der Waals surface area contributed by atoms with Crippen LogP contribution in [0.15, 0.2) is 30.6 Å². The minimum Gasteiger partial charge on any atom is -0.383 e. The van der Waals surface area contributed by atoms with Crippen molar-refractivity contribution in [2.75, 3.05) is 31.3 Å². The number of nitrogens with one attached hydrogen (secondary N) is 2. The van der Waals surface area contributed by atoms with Gasteiger partial charge in [0.25, 0.3) is 0 Å². The second-order valence-electron chi connectivity index (χ2n) is 4.81. The van der Waals surface area contributed by atoms with Gasteiger partial charge in [0.05, 0.1) is 11.6 Å². The van der Waals surface area contributed by atoms with Gasteiger partial charge in [-0.2, -0.15) is 0 Å². The number of halogens is 1. The molecule has 0 aliphatic heterocycles. The van der Waals surface area contributed by atoms with E-state index in [1.165, 1.54) is 0 Å². The number of nitrogens with zero attached hydrogens (tertiary/aromatic N) is 2. The van der Waals surface area contributed by atoms with Gasteiger partial charge in [0.15, 0.2) is 0 Å². The smallest absolute Gasteiger partial charge is 0.142 e. The number of anilines is 2. The number of hydrogen-bond donors (Lipinski definition) is 3. The average Bonchev–Trinajstić information content (AvgIpc) is 2.98. The number of H-pyrrole nitrogens is 1. The number of aromatic nitrogens is 3. The minimum atomic E-state index is 0.322. The van der Waals surface area contributed by atoms with Crippen LogP contribution in [0.25, 0.3) is 22.2 Å². The van der Waals surface area contributed by atoms with Crippen LogP contribution in [0.1, 0.15) is 0 Å². The summed E-state index contributed by atoms with van der Waals surface area (Å²) in [6.07, 6.45) is 3.56. The van der Waals surface area contributed by atoms with E-state index in [0.717, 1.165) is 28.0 Å². The SMILES string of the molecule is COCCNc1cc(-c2cnc(N)c(Cl)c2)c2cc[nH]c2n1. The van der Waals surface area contributed by atoms with Gasteiger partial charge in [0.2, 0.25) is 0 Å². The van der Waals surface area contributed by atoms with Crippen LogP contribution < -0.4 is 11.1 Å². The molecule has 0 aliphatic rings. The zero-order valence-electron chi connectivity index (χ0n) is 12.1. The average molecular weight is 318 g/mol. The third-order valence-electron chi connectivity index (χ3n) is 3.32. The molecule has 0 saturated carbocycles. The quantitative estimate of drug-likeness (QED) is 0.630. The highest BCUT2D eigenvalue weighted by atomic mass is 35.5. The molecule has 7 heteroatoms. The van der Waals surface area contributed by atoms with Crippen LogP contribution in [0, 0.1) is 0 Å². The topological polar surface area (TPSA) is 88.9 Å². The Morgan fingerprint density at radius 2 is 2.27 bits per heavy atom. The molecule has 0 fully saturated rings. The Labute approximate surface area is 132 Å². The van der Waals surface area contributed by atoms with E-state index in [9.17, 15) is 0 Å². The number of fused-ring (bicyclic) bond motifs is 1. The van der Waals surface area contributed by atoms with E-state index in [4.69, 9.17) is 22.1 Å². The van der Waals surface area contributed by atoms with Gasteiger partial charge in [-0.1, -0.05) is 11.6 Å². The van der Waals surface area contributed by atoms with Crippen molar-refractivity contribution in [1.29, 1.82) is 0 Å². The van der Waals surface area contributed by atoms with Crippen LogP contribution in [0.3, 0.4) is 0 Å². The highest BCUT2D eigenvalue weighted by Crippen LogP contribution is 2.31. The lowest BCUT2D eigenvalue weighted by Gasteiger charge is -2.10. The van der Waals surface area contributed by atoms with E-state index >= 15 is 0 Å². The van der Waals surface area contributed by atoms with Crippen molar-refractivity contribution in [1.82, 2.24) is 15.0 Å². The normalized spacial score (nSPS) is 11.0. The molecule has 0 bridgehead atoms. The molecule has 3 aromatic rings. The standard InChI is InChI=1S/C15H16ClN5O/c1-22-5-4-18-13-7-11(10-2-3-19-15(10)21-13)9-6-12(16)14(17)20-8-9/h2-3,6-8H,4-5H2,1H3,(H2,17,20)(H2,18,19,21). The maximum atomic E-state index is 6.09. The molecule has 0 unspecified atom stereocenters. The Morgan fingerprint density at radius 1 is 1.41 bits per heavy atom. The van der Waals surface area contributed by atoms with E-state index in [1.807, 2.05) is 24.4 Å². The largest absolute Gasteiger partial charge is 0.383 e. The van der Waals surface area contributed by atoms with Crippen molar-refractivity contribution in [2.24, 2.45) is 0 Å². The maximum Gasteiger partial charge on any atom is 0.142 e. The molecule has 4 N–H and O–H groups in total. The predicted octanol–water partition coefficient (Wildman–Crippen LogP) is 2.92. The molecule has 0 aromatic carbocycles. The summed E-state index contributed by atoms with van der Waals surface area (Å²) in [5.74, 6) is 1.08. The van der Waals surface area contributed by atoms with E-state index in [1.54, 1.807) is 13.3 Å². The van der Waals surface area contributed by atoms with Crippen molar-refractivity contribution in [3.63, 3.8) is 0 Å². The Balaban J connectivity index is 2.06. The van der Waals surface area contributed by atoms with Crippen LogP contribution in [0.2, 0.25) is 5.02 Å². The second kappa shape index (κ2) is 6.21. The molecule has 0 radical (unpaired) electrons. The van der Waals surface area contributed by atoms with E-state index in [2.05, 4.69) is 20.3 Å². The lowest BCUT2D eigenvalue weighted by molar-refractivity contribution is 0.210. The lowest BCUT2D eigenvalue weighted by atomic mass is 10.1. The fourth-order valence-electron chi connectivity index (χ4n) is 2.24. The minimum absolute atomic E-state index is 0.322. The molecule has 0 spiro atoms. The number of pyridine rings is 2. The van der Waals surface area contributed by atoms with Crippen molar-refractivity contribution in [3.8, 4) is 11.1 Å². The molecule has 0 amide bonds. The lowest BCUT2D eigenvalue weighted by Crippen LogP contribution is -2.09. The number of hydrogen-bond acceptors (Lipinski definition) is 5. The molecular formula is C15H16ClN5O. The molecule has 3 rings (SSSR count). The summed E-state index contributed by atoms with van der Waals surface area (Å²) in [6.45, 7) is 1.28. The molecule has 3 heterocycles. The zero-order valence-corrected chi connectivity index (χ0v) is 12.8. The number of nitrogen functional groups attached to an aromatic ring is 1. The van der Waals surface area contributed by atoms with E-state index < -0.39 is 0 Å². The molecule has 0 aliphatic carbocycles. The number of ether oxygens (including phenoxy) is 1. The van der Waals surface area contributed by atoms with Gasteiger partial charge in [-0.25, -0.2) is 9.97 Å². The van der Waals surface area contributed by atoms with Crippen LogP contribution >= 0.6 is 11.6 Å². The van der Waals surface area contributed by atoms with Gasteiger partial charge >= 0.3 is 0 Å². The fourth-order valence-corrected chi connectivity index (χ4v) is 2.41. The van der Waals surface area contributed by atoms with Crippen LogP contribution in [-0.2, 0) is 4.74 Å². The fraction of sp³-hybridized carbons (Fsp3) is 0.200. The number of nitrogens with two attached hydrogens (primary N) is 1. The highest BCUT2D eigenvalue weighted by Gasteiger charge is 2.10. The summed E-state index contributed by atoms with van der Waals surface area (Å²) in [5.41, 5.74) is 8.36. The first kappa shape index (κ1) is 14.6. The van der Waals surface area contributed by atoms with Crippen molar-refractivity contribution < 1.29 is 4.74 Å². The molecular weight excluding hydrogens is 302 g/mol. The Morgan fingerprint density at radius 3 is 3.05 bits per heavy atom. The first-order chi connectivity index (χ1) is 10.7. The van der Waals surface area contributed by atoms with Crippen LogP contribution in [0.5, 0.6) is 0 Å². The Bertz CT molecular complexity index is 802. The number of methoxy groups -OCH3 is 1. The molecule has 3 aromatic heterocycles. The van der Waals surface area contributed by atoms with Crippen molar-refractivity contribution in [2.45, 2.75) is 0 Å². The molecule has 0 atom stereocenters. The van der Waals surface area contributed by atoms with Gasteiger partial charge in [-0.3, -0.25) is 0 Å². The second-order valence-corrected chi connectivity index (χ2v) is 5.21. The van der Waals surface area contributed by atoms with Crippen LogP contribution in [-0.4, -0.2) is 35.2 Å². The summed E-state index contributed by atoms with van der Waals surface area (Å²) < 4.78 is 5.04. The van der Waals surface area contributed by atoms with Gasteiger partial charge in [-0.15, -0.1) is 0 Å². The summed E-state index contributed by atoms with van der Waals surface area (Å²) in [5, 5.41) is 4.67. The Hall–Kier alpha value is -2.31. The summed E-state index contributed by atoms with van der Waals surface area (Å²) in [7, 11) is 1.66. The van der Waals surface area contributed by atoms with Gasteiger partial charge in [0, 0.05) is 37.0 Å². The third-order valence-corrected chi connectivity index (χ3v) is 3.62. The van der Waals surface area contributed by atoms with Gasteiger partial charge < -0.3 is 20.8 Å². The monoisotopic (exact) mass is 317 g/mol. The summed E-state index contributed by atoms with van der Waals surface area (Å²) >= 11 is 6.09. The van der Waals surface area contributed by atoms with E-state index in [0.29, 0.717) is 24.0 Å². The summed E-state index contributed by atoms with van der Waals surface area (Å²) in [4.78, 5) is 11.8. The third kappa shape index (κ3) is 2.84. The van der Waals surface area contributed by atoms with Gasteiger partial charge in [-0.05, 0) is 23.8 Å². The van der Waals surface area contributed by atoms with Crippen molar-refractivity contribution >= 4 is 34.3 Å². The zero-order chi connectivity index (χ0) is 15.5. The first-order valence-electron chi connectivity index (χ1n) is 6.81. The highest BCUT2D eigenvalue weighted by molar-refractivity contribution is 6.33. The first-order valence-corrected chi connectivity index (χ1v) is 7.19. The molecule has 6 nitrogen and oxygen atoms in total. The van der Waals surface area contributed by atoms with Crippen LogP contribution in [0.4, 0.5) is 11.6 Å². The summed E-state index contributed by atoms with van der Waals surface area (Å²) in [6, 6.07) is 5.75. The molecule has 0 saturated heterocycles. The number of rotatable bonds is 5. The molecule has 22 heavy (non-hydrogen) atoms. The predicted molar refractivity (Wildman–Crippen MR) is 89.1 cm³/mol. The van der Waals surface area contributed by atoms with E-state index in [-0.39, 0.29) is 0 Å². The Kier molecular flexibility index (Phi) is 4.13. The maximum absolute atomic E-state index is 6.09. The van der Waals surface area contributed by atoms with Gasteiger partial charge in [0.1, 0.15) is 17.3 Å². The number of aromatic amines is 1.